The predicted molar refractivity (Wildman–Crippen MR) is 93.5 cm³/mol. The van der Waals surface area contributed by atoms with Gasteiger partial charge in [-0.15, -0.1) is 0 Å². The first-order chi connectivity index (χ1) is 12.6. The third-order valence-electron chi connectivity index (χ3n) is 4.02. The molecule has 6 nitrogen and oxygen atoms in total. The Bertz CT molecular complexity index is 883. The first-order valence-electron chi connectivity index (χ1n) is 7.99. The molecule has 1 N–H and O–H groups in total. The van der Waals surface area contributed by atoms with Crippen LogP contribution in [0.4, 0.5) is 10.1 Å². The largest absolute Gasteiger partial charge is 0.486 e. The highest BCUT2D eigenvalue weighted by molar-refractivity contribution is 6.34. The molecule has 26 heavy (non-hydrogen) atoms. The summed E-state index contributed by atoms with van der Waals surface area (Å²) < 4.78 is 24.9. The summed E-state index contributed by atoms with van der Waals surface area (Å²) in [5.41, 5.74) is 0.999. The Morgan fingerprint density at radius 2 is 2.00 bits per heavy atom. The lowest BCUT2D eigenvalue weighted by atomic mass is 10.0. The zero-order chi connectivity index (χ0) is 18.1. The van der Waals surface area contributed by atoms with E-state index in [1.54, 1.807) is 24.3 Å². The van der Waals surface area contributed by atoms with Crippen molar-refractivity contribution in [3.05, 3.63) is 52.8 Å². The van der Waals surface area contributed by atoms with Crippen LogP contribution in [-0.4, -0.2) is 30.9 Å². The number of oxime groups is 1. The quantitative estimate of drug-likeness (QED) is 0.891. The van der Waals surface area contributed by atoms with Gasteiger partial charge in [0, 0.05) is 18.2 Å². The van der Waals surface area contributed by atoms with Gasteiger partial charge in [-0.05, 0) is 24.3 Å². The molecule has 0 bridgehead atoms. The lowest BCUT2D eigenvalue weighted by Crippen LogP contribution is -2.28. The van der Waals surface area contributed by atoms with E-state index in [4.69, 9.17) is 25.9 Å². The van der Waals surface area contributed by atoms with E-state index in [-0.39, 0.29) is 17.0 Å². The Labute approximate surface area is 153 Å². The third-order valence-corrected chi connectivity index (χ3v) is 4.34. The molecule has 1 atom stereocenters. The van der Waals surface area contributed by atoms with Crippen molar-refractivity contribution in [1.82, 2.24) is 0 Å². The van der Waals surface area contributed by atoms with Crippen LogP contribution in [0.1, 0.15) is 12.0 Å². The van der Waals surface area contributed by atoms with Gasteiger partial charge in [0.05, 0.1) is 16.3 Å². The van der Waals surface area contributed by atoms with Gasteiger partial charge in [0.1, 0.15) is 19.0 Å². The van der Waals surface area contributed by atoms with Crippen LogP contribution < -0.4 is 14.8 Å². The van der Waals surface area contributed by atoms with Crippen LogP contribution in [0.15, 0.2) is 41.6 Å². The Kier molecular flexibility index (Phi) is 4.38. The van der Waals surface area contributed by atoms with Gasteiger partial charge >= 0.3 is 0 Å². The fourth-order valence-corrected chi connectivity index (χ4v) is 3.06. The van der Waals surface area contributed by atoms with E-state index >= 15 is 0 Å². The predicted octanol–water partition coefficient (Wildman–Crippen LogP) is 3.38. The molecule has 1 amide bonds. The Balaban J connectivity index is 1.44. The van der Waals surface area contributed by atoms with E-state index in [1.807, 2.05) is 0 Å². The number of carbonyl (C=O) groups excluding carboxylic acids is 1. The highest BCUT2D eigenvalue weighted by Crippen LogP contribution is 2.33. The number of nitrogens with one attached hydrogen (secondary N) is 1. The zero-order valence-corrected chi connectivity index (χ0v) is 14.3. The third kappa shape index (κ3) is 3.17. The van der Waals surface area contributed by atoms with E-state index in [9.17, 15) is 9.18 Å². The summed E-state index contributed by atoms with van der Waals surface area (Å²) in [6, 6.07) is 9.45. The number of fused-ring (bicyclic) bond motifs is 1. The topological polar surface area (TPSA) is 69.2 Å². The number of rotatable bonds is 3. The highest BCUT2D eigenvalue weighted by atomic mass is 35.5. The van der Waals surface area contributed by atoms with E-state index in [1.165, 1.54) is 12.1 Å². The second kappa shape index (κ2) is 6.84. The molecule has 0 spiro atoms. The van der Waals surface area contributed by atoms with Gasteiger partial charge in [0.25, 0.3) is 5.91 Å². The molecule has 0 radical (unpaired) electrons. The summed E-state index contributed by atoms with van der Waals surface area (Å²) in [4.78, 5) is 17.6. The van der Waals surface area contributed by atoms with Crippen LogP contribution in [0.2, 0.25) is 5.02 Å². The first kappa shape index (κ1) is 16.7. The highest BCUT2D eigenvalue weighted by Gasteiger charge is 2.31. The number of amides is 1. The summed E-state index contributed by atoms with van der Waals surface area (Å²) in [6.07, 6.45) is -0.745. The van der Waals surface area contributed by atoms with Crippen molar-refractivity contribution in [2.45, 2.75) is 12.5 Å². The standard InChI is InChI=1S/C18H14ClFN2O4/c19-11-2-1-3-12(20)17(11)13-9-16(26-22-13)18(23)21-10-4-5-14-15(8-10)25-7-6-24-14/h1-5,8,16H,6-7,9H2,(H,21,23). The summed E-state index contributed by atoms with van der Waals surface area (Å²) in [5.74, 6) is 0.295. The monoisotopic (exact) mass is 376 g/mol. The Hall–Kier alpha value is -2.80. The molecular weight excluding hydrogens is 363 g/mol. The van der Waals surface area contributed by atoms with Crippen LogP contribution in [0.25, 0.3) is 0 Å². The summed E-state index contributed by atoms with van der Waals surface area (Å²) in [7, 11) is 0. The first-order valence-corrected chi connectivity index (χ1v) is 8.37. The molecular formula is C18H14ClFN2O4. The van der Waals surface area contributed by atoms with Gasteiger partial charge in [-0.2, -0.15) is 0 Å². The molecule has 0 aliphatic carbocycles. The number of nitrogens with zero attached hydrogens (tertiary/aromatic N) is 1. The maximum atomic E-state index is 14.0. The van der Waals surface area contributed by atoms with Crippen molar-refractivity contribution in [1.29, 1.82) is 0 Å². The lowest BCUT2D eigenvalue weighted by Gasteiger charge is -2.19. The molecule has 0 fully saturated rings. The average molecular weight is 377 g/mol. The van der Waals surface area contributed by atoms with Gasteiger partial charge in [0.15, 0.2) is 11.5 Å². The van der Waals surface area contributed by atoms with Crippen molar-refractivity contribution in [3.8, 4) is 11.5 Å². The Morgan fingerprint density at radius 3 is 2.81 bits per heavy atom. The maximum Gasteiger partial charge on any atom is 0.268 e. The molecule has 1 unspecified atom stereocenters. The van der Waals surface area contributed by atoms with Crippen molar-refractivity contribution in [2.75, 3.05) is 18.5 Å². The van der Waals surface area contributed by atoms with E-state index in [0.29, 0.717) is 36.1 Å². The molecule has 2 aliphatic heterocycles. The lowest BCUT2D eigenvalue weighted by molar-refractivity contribution is -0.125. The van der Waals surface area contributed by atoms with Gasteiger partial charge in [-0.3, -0.25) is 4.79 Å². The average Bonchev–Trinajstić information content (AvgIpc) is 3.11. The van der Waals surface area contributed by atoms with E-state index < -0.39 is 17.8 Å². The molecule has 4 rings (SSSR count). The van der Waals surface area contributed by atoms with E-state index in [2.05, 4.69) is 10.5 Å². The molecule has 0 saturated heterocycles. The van der Waals surface area contributed by atoms with Crippen molar-refractivity contribution < 1.29 is 23.5 Å². The molecule has 2 aromatic carbocycles. The number of benzene rings is 2. The van der Waals surface area contributed by atoms with Crippen LogP contribution in [0.3, 0.4) is 0 Å². The van der Waals surface area contributed by atoms with Gasteiger partial charge in [0.2, 0.25) is 6.10 Å². The zero-order valence-electron chi connectivity index (χ0n) is 13.5. The second-order valence-electron chi connectivity index (χ2n) is 5.78. The molecule has 2 aliphatic rings. The SMILES string of the molecule is O=C(Nc1ccc2c(c1)OCCO2)C1CC(c2c(F)cccc2Cl)=NO1. The van der Waals surface area contributed by atoms with Crippen LogP contribution in [0.5, 0.6) is 11.5 Å². The fourth-order valence-electron chi connectivity index (χ4n) is 2.78. The smallest absolute Gasteiger partial charge is 0.268 e. The van der Waals surface area contributed by atoms with Crippen LogP contribution in [0, 0.1) is 5.82 Å². The molecule has 2 aromatic rings. The minimum absolute atomic E-state index is 0.122. The number of carbonyl (C=O) groups is 1. The van der Waals surface area contributed by atoms with Gasteiger partial charge < -0.3 is 19.6 Å². The maximum absolute atomic E-state index is 14.0. The summed E-state index contributed by atoms with van der Waals surface area (Å²) in [5, 5.41) is 6.79. The molecule has 8 heteroatoms. The molecule has 0 saturated carbocycles. The number of halogens is 2. The molecule has 2 heterocycles. The van der Waals surface area contributed by atoms with Crippen molar-refractivity contribution in [3.63, 3.8) is 0 Å². The number of ether oxygens (including phenoxy) is 2. The number of hydrogen-bond acceptors (Lipinski definition) is 5. The normalized spacial score (nSPS) is 18.1. The minimum Gasteiger partial charge on any atom is -0.486 e. The second-order valence-corrected chi connectivity index (χ2v) is 6.19. The Morgan fingerprint density at radius 1 is 1.19 bits per heavy atom. The van der Waals surface area contributed by atoms with Crippen molar-refractivity contribution >= 4 is 28.9 Å². The minimum atomic E-state index is -0.867. The summed E-state index contributed by atoms with van der Waals surface area (Å²) in [6.45, 7) is 0.948. The molecule has 0 aromatic heterocycles. The fraction of sp³-hybridized carbons (Fsp3) is 0.222. The van der Waals surface area contributed by atoms with Crippen LogP contribution >= 0.6 is 11.6 Å². The summed E-state index contributed by atoms with van der Waals surface area (Å²) >= 11 is 6.03. The van der Waals surface area contributed by atoms with Gasteiger partial charge in [-0.25, -0.2) is 4.39 Å². The van der Waals surface area contributed by atoms with E-state index in [0.717, 1.165) is 0 Å². The van der Waals surface area contributed by atoms with Crippen molar-refractivity contribution in [2.24, 2.45) is 5.16 Å². The van der Waals surface area contributed by atoms with Crippen LogP contribution in [-0.2, 0) is 9.63 Å². The molecule has 134 valence electrons. The number of anilines is 1. The number of hydrogen-bond donors (Lipinski definition) is 1. The van der Waals surface area contributed by atoms with Gasteiger partial charge in [-0.1, -0.05) is 22.8 Å².